The Labute approximate surface area is 169 Å². The van der Waals surface area contributed by atoms with Crippen molar-refractivity contribution in [2.75, 3.05) is 26.1 Å². The molecule has 0 amide bonds. The van der Waals surface area contributed by atoms with Crippen LogP contribution in [0.25, 0.3) is 0 Å². The molecule has 0 saturated carbocycles. The molecule has 150 valence electrons. The number of hydrogen-bond donors (Lipinski definition) is 0. The minimum atomic E-state index is -0.213. The average molecular weight is 404 g/mol. The molecule has 0 spiro atoms. The number of thioether (sulfide) groups is 1. The number of ether oxygens (including phenoxy) is 3. The lowest BCUT2D eigenvalue weighted by atomic mass is 10.2. The van der Waals surface area contributed by atoms with E-state index in [1.54, 1.807) is 0 Å². The zero-order valence-corrected chi connectivity index (χ0v) is 17.3. The molecule has 0 unspecified atom stereocenters. The number of methoxy groups -OCH3 is 1. The van der Waals surface area contributed by atoms with Crippen LogP contribution >= 0.6 is 11.8 Å². The molecule has 0 atom stereocenters. The molecule has 0 bridgehead atoms. The Morgan fingerprint density at radius 3 is 2.64 bits per heavy atom. The number of rotatable bonds is 8. The molecule has 28 heavy (non-hydrogen) atoms. The zero-order chi connectivity index (χ0) is 20.1. The van der Waals surface area contributed by atoms with Gasteiger partial charge in [-0.2, -0.15) is 0 Å². The van der Waals surface area contributed by atoms with Gasteiger partial charge < -0.3 is 18.8 Å². The van der Waals surface area contributed by atoms with Crippen molar-refractivity contribution in [3.8, 4) is 11.5 Å². The van der Waals surface area contributed by atoms with Crippen molar-refractivity contribution in [1.82, 2.24) is 4.57 Å². The highest BCUT2D eigenvalue weighted by atomic mass is 32.2. The second kappa shape index (κ2) is 9.19. The van der Waals surface area contributed by atoms with E-state index < -0.39 is 0 Å². The number of aromatic nitrogens is 1. The molecule has 0 radical (unpaired) electrons. The van der Waals surface area contributed by atoms with Crippen molar-refractivity contribution in [2.24, 2.45) is 0 Å². The number of carbonyl (C=O) groups excluding carboxylic acids is 2. The van der Waals surface area contributed by atoms with Gasteiger partial charge in [0.15, 0.2) is 17.3 Å². The van der Waals surface area contributed by atoms with Gasteiger partial charge in [-0.25, -0.2) is 0 Å². The van der Waals surface area contributed by atoms with E-state index in [-0.39, 0.29) is 11.8 Å². The van der Waals surface area contributed by atoms with Crippen LogP contribution in [-0.2, 0) is 16.1 Å². The van der Waals surface area contributed by atoms with Gasteiger partial charge in [0.25, 0.3) is 0 Å². The molecule has 0 N–H and O–H groups in total. The monoisotopic (exact) mass is 403 g/mol. The van der Waals surface area contributed by atoms with Crippen molar-refractivity contribution in [3.63, 3.8) is 0 Å². The van der Waals surface area contributed by atoms with Crippen molar-refractivity contribution >= 4 is 23.5 Å². The SMILES string of the molecule is COC(=O)CCCn1c(C)cc(C(=O)CSc2ccc3c(c2)OCCO3)c1C. The summed E-state index contributed by atoms with van der Waals surface area (Å²) in [6.45, 7) is 5.73. The summed E-state index contributed by atoms with van der Waals surface area (Å²) in [4.78, 5) is 25.0. The standard InChI is InChI=1S/C21H25NO5S/c1-14-11-17(15(2)22(14)8-4-5-21(24)25-3)18(23)13-28-16-6-7-19-20(12-16)27-10-9-26-19/h6-7,11-12H,4-5,8-10,13H2,1-3H3. The summed E-state index contributed by atoms with van der Waals surface area (Å²) < 4.78 is 17.9. The number of fused-ring (bicyclic) bond motifs is 1. The smallest absolute Gasteiger partial charge is 0.305 e. The number of esters is 1. The third kappa shape index (κ3) is 4.70. The minimum absolute atomic E-state index is 0.0900. The number of ketones is 1. The summed E-state index contributed by atoms with van der Waals surface area (Å²) in [5.74, 6) is 1.71. The van der Waals surface area contributed by atoms with Gasteiger partial charge in [-0.3, -0.25) is 9.59 Å². The van der Waals surface area contributed by atoms with E-state index in [1.165, 1.54) is 18.9 Å². The highest BCUT2D eigenvalue weighted by Gasteiger charge is 2.17. The van der Waals surface area contributed by atoms with E-state index in [2.05, 4.69) is 9.30 Å². The Morgan fingerprint density at radius 1 is 1.14 bits per heavy atom. The Kier molecular flexibility index (Phi) is 6.67. The lowest BCUT2D eigenvalue weighted by Crippen LogP contribution is -2.15. The van der Waals surface area contributed by atoms with Crippen LogP contribution in [0.15, 0.2) is 29.2 Å². The topological polar surface area (TPSA) is 66.8 Å². The van der Waals surface area contributed by atoms with Gasteiger partial charge in [-0.1, -0.05) is 0 Å². The number of benzene rings is 1. The summed E-state index contributed by atoms with van der Waals surface area (Å²) in [6, 6.07) is 7.68. The first-order valence-electron chi connectivity index (χ1n) is 9.28. The maximum Gasteiger partial charge on any atom is 0.305 e. The van der Waals surface area contributed by atoms with Crippen LogP contribution in [0, 0.1) is 13.8 Å². The fourth-order valence-corrected chi connectivity index (χ4v) is 4.06. The zero-order valence-electron chi connectivity index (χ0n) is 16.4. The molecule has 2 heterocycles. The lowest BCUT2D eigenvalue weighted by molar-refractivity contribution is -0.140. The molecule has 1 aromatic carbocycles. The van der Waals surface area contributed by atoms with Gasteiger partial charge >= 0.3 is 5.97 Å². The summed E-state index contributed by atoms with van der Waals surface area (Å²) in [5, 5.41) is 0. The van der Waals surface area contributed by atoms with Crippen LogP contribution < -0.4 is 9.47 Å². The molecule has 3 rings (SSSR count). The second-order valence-corrected chi connectivity index (χ2v) is 7.68. The quantitative estimate of drug-likeness (QED) is 0.379. The first kappa shape index (κ1) is 20.3. The van der Waals surface area contributed by atoms with Gasteiger partial charge in [-0.15, -0.1) is 11.8 Å². The average Bonchev–Trinajstić information content (AvgIpc) is 3.00. The van der Waals surface area contributed by atoms with Crippen molar-refractivity contribution in [2.45, 2.75) is 38.1 Å². The molecule has 1 aliphatic rings. The predicted molar refractivity (Wildman–Crippen MR) is 108 cm³/mol. The summed E-state index contributed by atoms with van der Waals surface area (Å²) in [6.07, 6.45) is 1.05. The van der Waals surface area contributed by atoms with E-state index in [0.717, 1.165) is 33.3 Å². The molecular formula is C21H25NO5S. The molecule has 0 fully saturated rings. The molecule has 7 heteroatoms. The van der Waals surface area contributed by atoms with Crippen LogP contribution in [0.2, 0.25) is 0 Å². The maximum absolute atomic E-state index is 12.8. The summed E-state index contributed by atoms with van der Waals surface area (Å²) in [7, 11) is 1.39. The van der Waals surface area contributed by atoms with E-state index >= 15 is 0 Å². The fraction of sp³-hybridized carbons (Fsp3) is 0.429. The first-order valence-corrected chi connectivity index (χ1v) is 10.3. The normalized spacial score (nSPS) is 12.7. The third-order valence-corrected chi connectivity index (χ3v) is 5.74. The molecule has 1 aliphatic heterocycles. The molecule has 0 saturated heterocycles. The van der Waals surface area contributed by atoms with Crippen LogP contribution in [0.5, 0.6) is 11.5 Å². The van der Waals surface area contributed by atoms with E-state index in [1.807, 2.05) is 38.1 Å². The highest BCUT2D eigenvalue weighted by molar-refractivity contribution is 8.00. The Morgan fingerprint density at radius 2 is 1.89 bits per heavy atom. The van der Waals surface area contributed by atoms with E-state index in [0.29, 0.717) is 38.4 Å². The third-order valence-electron chi connectivity index (χ3n) is 4.75. The maximum atomic E-state index is 12.8. The molecule has 0 aliphatic carbocycles. The van der Waals surface area contributed by atoms with E-state index in [9.17, 15) is 9.59 Å². The number of hydrogen-bond acceptors (Lipinski definition) is 6. The van der Waals surface area contributed by atoms with Gasteiger partial charge in [0.05, 0.1) is 12.9 Å². The van der Waals surface area contributed by atoms with Crippen LogP contribution in [0.1, 0.15) is 34.6 Å². The van der Waals surface area contributed by atoms with Crippen molar-refractivity contribution < 1.29 is 23.8 Å². The van der Waals surface area contributed by atoms with E-state index in [4.69, 9.17) is 9.47 Å². The van der Waals surface area contributed by atoms with Crippen LogP contribution in [-0.4, -0.2) is 42.4 Å². The number of nitrogens with zero attached hydrogens (tertiary/aromatic N) is 1. The fourth-order valence-electron chi connectivity index (χ4n) is 3.25. The van der Waals surface area contributed by atoms with Gasteiger partial charge in [0, 0.05) is 34.8 Å². The predicted octanol–water partition coefficient (Wildman–Crippen LogP) is 3.80. The lowest BCUT2D eigenvalue weighted by Gasteiger charge is -2.18. The van der Waals surface area contributed by atoms with Crippen LogP contribution in [0.3, 0.4) is 0 Å². The Bertz CT molecular complexity index is 874. The molecule has 6 nitrogen and oxygen atoms in total. The Balaban J connectivity index is 1.61. The highest BCUT2D eigenvalue weighted by Crippen LogP contribution is 2.34. The summed E-state index contributed by atoms with van der Waals surface area (Å²) >= 11 is 1.49. The molecular weight excluding hydrogens is 378 g/mol. The number of aryl methyl sites for hydroxylation is 1. The first-order chi connectivity index (χ1) is 13.5. The second-order valence-electron chi connectivity index (χ2n) is 6.63. The van der Waals surface area contributed by atoms with Gasteiger partial charge in [-0.05, 0) is 44.5 Å². The van der Waals surface area contributed by atoms with Gasteiger partial charge in [0.2, 0.25) is 0 Å². The van der Waals surface area contributed by atoms with Gasteiger partial charge in [0.1, 0.15) is 13.2 Å². The largest absolute Gasteiger partial charge is 0.486 e. The van der Waals surface area contributed by atoms with Crippen molar-refractivity contribution in [1.29, 1.82) is 0 Å². The molecule has 1 aromatic heterocycles. The Hall–Kier alpha value is -2.41. The number of Topliss-reactive ketones (excluding diaryl/α,β-unsaturated/α-hetero) is 1. The number of carbonyl (C=O) groups is 2. The minimum Gasteiger partial charge on any atom is -0.486 e. The molecule has 2 aromatic rings. The van der Waals surface area contributed by atoms with Crippen LogP contribution in [0.4, 0.5) is 0 Å². The van der Waals surface area contributed by atoms with Crippen molar-refractivity contribution in [3.05, 3.63) is 41.2 Å². The summed E-state index contributed by atoms with van der Waals surface area (Å²) in [5.41, 5.74) is 2.70.